The van der Waals surface area contributed by atoms with Gasteiger partial charge in [-0.25, -0.2) is 0 Å². The SMILES string of the molecule is O=C(c1ccsc1)N1CCC(Oc2cccnn2)CC1. The Bertz CT molecular complexity index is 551. The number of piperidine rings is 1. The van der Waals surface area contributed by atoms with Crippen LogP contribution in [0.15, 0.2) is 35.2 Å². The number of carbonyl (C=O) groups excluding carboxylic acids is 1. The Hall–Kier alpha value is -1.95. The summed E-state index contributed by atoms with van der Waals surface area (Å²) >= 11 is 1.55. The van der Waals surface area contributed by atoms with Gasteiger partial charge in [0.2, 0.25) is 5.88 Å². The minimum absolute atomic E-state index is 0.109. The van der Waals surface area contributed by atoms with E-state index < -0.39 is 0 Å². The fourth-order valence-electron chi connectivity index (χ4n) is 2.27. The molecule has 1 amide bonds. The maximum atomic E-state index is 12.2. The lowest BCUT2D eigenvalue weighted by molar-refractivity contribution is 0.0586. The molecule has 1 saturated heterocycles. The van der Waals surface area contributed by atoms with Gasteiger partial charge in [0.25, 0.3) is 5.91 Å². The quantitative estimate of drug-likeness (QED) is 0.869. The minimum Gasteiger partial charge on any atom is -0.473 e. The maximum absolute atomic E-state index is 12.2. The molecule has 1 aliphatic rings. The van der Waals surface area contributed by atoms with Crippen LogP contribution in [0.5, 0.6) is 5.88 Å². The molecule has 0 spiro atoms. The van der Waals surface area contributed by atoms with Crippen LogP contribution in [-0.4, -0.2) is 40.2 Å². The summed E-state index contributed by atoms with van der Waals surface area (Å²) in [5.41, 5.74) is 0.781. The molecule has 104 valence electrons. The molecule has 2 aromatic heterocycles. The lowest BCUT2D eigenvalue weighted by Gasteiger charge is -2.31. The average Bonchev–Trinajstić information content (AvgIpc) is 3.03. The van der Waals surface area contributed by atoms with Gasteiger partial charge in [0.05, 0.1) is 5.56 Å². The number of likely N-dealkylation sites (tertiary alicyclic amines) is 1. The van der Waals surface area contributed by atoms with E-state index in [1.54, 1.807) is 29.7 Å². The van der Waals surface area contributed by atoms with E-state index in [1.165, 1.54) is 0 Å². The van der Waals surface area contributed by atoms with Gasteiger partial charge in [0.1, 0.15) is 6.10 Å². The number of ether oxygens (including phenoxy) is 1. The molecule has 0 unspecified atom stereocenters. The van der Waals surface area contributed by atoms with E-state index in [1.807, 2.05) is 21.7 Å². The first-order chi connectivity index (χ1) is 9.83. The largest absolute Gasteiger partial charge is 0.473 e. The molecule has 1 aliphatic heterocycles. The van der Waals surface area contributed by atoms with Crippen molar-refractivity contribution in [2.24, 2.45) is 0 Å². The maximum Gasteiger partial charge on any atom is 0.254 e. The highest BCUT2D eigenvalue weighted by molar-refractivity contribution is 7.08. The van der Waals surface area contributed by atoms with Gasteiger partial charge >= 0.3 is 0 Å². The van der Waals surface area contributed by atoms with Gasteiger partial charge in [0.15, 0.2) is 0 Å². The summed E-state index contributed by atoms with van der Waals surface area (Å²) in [5, 5.41) is 11.5. The molecule has 6 heteroatoms. The smallest absolute Gasteiger partial charge is 0.254 e. The van der Waals surface area contributed by atoms with Gasteiger partial charge in [-0.05, 0) is 17.5 Å². The van der Waals surface area contributed by atoms with E-state index in [-0.39, 0.29) is 12.0 Å². The van der Waals surface area contributed by atoms with Gasteiger partial charge in [-0.3, -0.25) is 4.79 Å². The van der Waals surface area contributed by atoms with Crippen molar-refractivity contribution in [2.75, 3.05) is 13.1 Å². The van der Waals surface area contributed by atoms with E-state index in [2.05, 4.69) is 10.2 Å². The zero-order chi connectivity index (χ0) is 13.8. The molecule has 0 N–H and O–H groups in total. The standard InChI is InChI=1S/C14H15N3O2S/c18-14(11-5-9-20-10-11)17-7-3-12(4-8-17)19-13-2-1-6-15-16-13/h1-2,5-6,9-10,12H,3-4,7-8H2. The minimum atomic E-state index is 0.109. The molecule has 3 heterocycles. The third-order valence-electron chi connectivity index (χ3n) is 3.33. The number of amides is 1. The van der Waals surface area contributed by atoms with E-state index in [9.17, 15) is 4.79 Å². The molecule has 5 nitrogen and oxygen atoms in total. The van der Waals surface area contributed by atoms with Crippen LogP contribution in [0.25, 0.3) is 0 Å². The highest BCUT2D eigenvalue weighted by Gasteiger charge is 2.25. The third-order valence-corrected chi connectivity index (χ3v) is 4.02. The highest BCUT2D eigenvalue weighted by Crippen LogP contribution is 2.19. The zero-order valence-electron chi connectivity index (χ0n) is 10.9. The molecule has 0 aliphatic carbocycles. The van der Waals surface area contributed by atoms with Crippen LogP contribution >= 0.6 is 11.3 Å². The second-order valence-corrected chi connectivity index (χ2v) is 5.46. The molecule has 0 bridgehead atoms. The van der Waals surface area contributed by atoms with Crippen LogP contribution in [0, 0.1) is 0 Å². The predicted molar refractivity (Wildman–Crippen MR) is 75.9 cm³/mol. The first-order valence-electron chi connectivity index (χ1n) is 6.59. The summed E-state index contributed by atoms with van der Waals surface area (Å²) in [6.45, 7) is 1.44. The summed E-state index contributed by atoms with van der Waals surface area (Å²) in [7, 11) is 0. The van der Waals surface area contributed by atoms with Crippen molar-refractivity contribution in [2.45, 2.75) is 18.9 Å². The van der Waals surface area contributed by atoms with Crippen molar-refractivity contribution in [3.05, 3.63) is 40.7 Å². The van der Waals surface area contributed by atoms with Crippen molar-refractivity contribution in [3.63, 3.8) is 0 Å². The molecule has 0 saturated carbocycles. The fraction of sp³-hybridized carbons (Fsp3) is 0.357. The van der Waals surface area contributed by atoms with Crippen molar-refractivity contribution >= 4 is 17.2 Å². The topological polar surface area (TPSA) is 55.3 Å². The Morgan fingerprint density at radius 2 is 2.20 bits per heavy atom. The number of carbonyl (C=O) groups is 1. The number of nitrogens with zero attached hydrogens (tertiary/aromatic N) is 3. The van der Waals surface area contributed by atoms with Crippen molar-refractivity contribution < 1.29 is 9.53 Å². The first-order valence-corrected chi connectivity index (χ1v) is 7.53. The average molecular weight is 289 g/mol. The van der Waals surface area contributed by atoms with Crippen LogP contribution in [0.1, 0.15) is 23.2 Å². The Morgan fingerprint density at radius 3 is 2.85 bits per heavy atom. The molecule has 20 heavy (non-hydrogen) atoms. The molecule has 0 atom stereocenters. The molecule has 2 aromatic rings. The zero-order valence-corrected chi connectivity index (χ0v) is 11.8. The number of hydrogen-bond donors (Lipinski definition) is 0. The van der Waals surface area contributed by atoms with Crippen molar-refractivity contribution in [3.8, 4) is 5.88 Å². The highest BCUT2D eigenvalue weighted by atomic mass is 32.1. The number of hydrogen-bond acceptors (Lipinski definition) is 5. The van der Waals surface area contributed by atoms with E-state index in [0.29, 0.717) is 5.88 Å². The summed E-state index contributed by atoms with van der Waals surface area (Å²) < 4.78 is 5.76. The Balaban J connectivity index is 1.53. The summed E-state index contributed by atoms with van der Waals surface area (Å²) in [5.74, 6) is 0.666. The van der Waals surface area contributed by atoms with Gasteiger partial charge in [-0.15, -0.1) is 5.10 Å². The summed E-state index contributed by atoms with van der Waals surface area (Å²) in [4.78, 5) is 14.1. The van der Waals surface area contributed by atoms with Gasteiger partial charge in [-0.1, -0.05) is 0 Å². The fourth-order valence-corrected chi connectivity index (χ4v) is 2.90. The Labute approximate surface area is 121 Å². The molecule has 0 aromatic carbocycles. The lowest BCUT2D eigenvalue weighted by Crippen LogP contribution is -2.41. The summed E-state index contributed by atoms with van der Waals surface area (Å²) in [6, 6.07) is 5.47. The second kappa shape index (κ2) is 6.00. The van der Waals surface area contributed by atoms with E-state index in [0.717, 1.165) is 31.5 Å². The van der Waals surface area contributed by atoms with E-state index in [4.69, 9.17) is 4.74 Å². The number of rotatable bonds is 3. The van der Waals surface area contributed by atoms with Crippen LogP contribution in [0.4, 0.5) is 0 Å². The predicted octanol–water partition coefficient (Wildman–Crippen LogP) is 2.22. The van der Waals surface area contributed by atoms with Crippen LogP contribution < -0.4 is 4.74 Å². The molecule has 3 rings (SSSR count). The Kier molecular flexibility index (Phi) is 3.92. The van der Waals surface area contributed by atoms with Gasteiger partial charge < -0.3 is 9.64 Å². The molecule has 1 fully saturated rings. The summed E-state index contributed by atoms with van der Waals surface area (Å²) in [6.07, 6.45) is 3.38. The Morgan fingerprint density at radius 1 is 1.35 bits per heavy atom. The van der Waals surface area contributed by atoms with Crippen molar-refractivity contribution in [1.29, 1.82) is 0 Å². The second-order valence-electron chi connectivity index (χ2n) is 4.68. The monoisotopic (exact) mass is 289 g/mol. The number of thiophene rings is 1. The van der Waals surface area contributed by atoms with Crippen LogP contribution in [0.2, 0.25) is 0 Å². The molecular formula is C14H15N3O2S. The van der Waals surface area contributed by atoms with Crippen LogP contribution in [-0.2, 0) is 0 Å². The van der Waals surface area contributed by atoms with E-state index >= 15 is 0 Å². The van der Waals surface area contributed by atoms with Gasteiger partial charge in [0, 0.05) is 43.6 Å². The van der Waals surface area contributed by atoms with Crippen molar-refractivity contribution in [1.82, 2.24) is 15.1 Å². The molecular weight excluding hydrogens is 274 g/mol. The van der Waals surface area contributed by atoms with Gasteiger partial charge in [-0.2, -0.15) is 16.4 Å². The normalized spacial score (nSPS) is 16.1. The number of aromatic nitrogens is 2. The lowest BCUT2D eigenvalue weighted by atomic mass is 10.1. The third kappa shape index (κ3) is 2.96. The first kappa shape index (κ1) is 13.1. The van der Waals surface area contributed by atoms with Crippen LogP contribution in [0.3, 0.4) is 0 Å². The molecule has 0 radical (unpaired) electrons.